The van der Waals surface area contributed by atoms with Gasteiger partial charge in [-0.3, -0.25) is 4.98 Å². The molecule has 17 heavy (non-hydrogen) atoms. The molecule has 0 aromatic carbocycles. The van der Waals surface area contributed by atoms with Gasteiger partial charge >= 0.3 is 0 Å². The summed E-state index contributed by atoms with van der Waals surface area (Å²) in [5, 5.41) is 13.1. The summed E-state index contributed by atoms with van der Waals surface area (Å²) in [4.78, 5) is 4.40. The molecule has 0 aliphatic rings. The monoisotopic (exact) mass is 236 g/mol. The number of aliphatic hydroxyl groups is 1. The van der Waals surface area contributed by atoms with Crippen LogP contribution in [-0.4, -0.2) is 22.7 Å². The van der Waals surface area contributed by atoms with Crippen LogP contribution < -0.4 is 5.32 Å². The zero-order valence-electron chi connectivity index (χ0n) is 11.3. The molecule has 0 fully saturated rings. The van der Waals surface area contributed by atoms with E-state index in [-0.39, 0.29) is 11.5 Å². The van der Waals surface area contributed by atoms with Crippen LogP contribution >= 0.6 is 0 Å². The summed E-state index contributed by atoms with van der Waals surface area (Å²) in [6.45, 7) is 9.72. The Bertz CT molecular complexity index is 344. The number of aliphatic hydroxyl groups excluding tert-OH is 1. The van der Waals surface area contributed by atoms with E-state index in [0.717, 1.165) is 17.8 Å². The van der Waals surface area contributed by atoms with Crippen molar-refractivity contribution in [3.63, 3.8) is 0 Å². The minimum absolute atomic E-state index is 0.169. The first-order valence-electron chi connectivity index (χ1n) is 6.18. The van der Waals surface area contributed by atoms with Crippen LogP contribution in [0.4, 0.5) is 0 Å². The molecule has 0 saturated heterocycles. The number of nitrogens with one attached hydrogen (secondary N) is 1. The molecule has 0 saturated carbocycles. The summed E-state index contributed by atoms with van der Waals surface area (Å²) in [6.07, 6.45) is 0.515. The highest BCUT2D eigenvalue weighted by atomic mass is 16.3. The first-order chi connectivity index (χ1) is 7.87. The van der Waals surface area contributed by atoms with Gasteiger partial charge in [0.15, 0.2) is 0 Å². The molecule has 1 heterocycles. The number of pyridine rings is 1. The predicted molar refractivity (Wildman–Crippen MR) is 70.8 cm³/mol. The van der Waals surface area contributed by atoms with Crippen LogP contribution in [0.3, 0.4) is 0 Å². The SMILES string of the molecule is Cc1cccc(CNCC(O)CC(C)(C)C)n1. The first kappa shape index (κ1) is 14.1. The van der Waals surface area contributed by atoms with Crippen LogP contribution in [0.15, 0.2) is 18.2 Å². The quantitative estimate of drug-likeness (QED) is 0.824. The van der Waals surface area contributed by atoms with E-state index in [1.807, 2.05) is 25.1 Å². The lowest BCUT2D eigenvalue weighted by Crippen LogP contribution is -2.30. The van der Waals surface area contributed by atoms with Gasteiger partial charge in [0.05, 0.1) is 11.8 Å². The summed E-state index contributed by atoms with van der Waals surface area (Å²) in [6, 6.07) is 5.99. The normalized spacial score (nSPS) is 13.7. The maximum Gasteiger partial charge on any atom is 0.0669 e. The lowest BCUT2D eigenvalue weighted by atomic mass is 9.89. The van der Waals surface area contributed by atoms with Gasteiger partial charge in [-0.25, -0.2) is 0 Å². The topological polar surface area (TPSA) is 45.1 Å². The van der Waals surface area contributed by atoms with E-state index in [1.54, 1.807) is 0 Å². The van der Waals surface area contributed by atoms with Gasteiger partial charge in [-0.05, 0) is 30.9 Å². The van der Waals surface area contributed by atoms with Crippen molar-refractivity contribution >= 4 is 0 Å². The van der Waals surface area contributed by atoms with Crippen molar-refractivity contribution in [3.8, 4) is 0 Å². The summed E-state index contributed by atoms with van der Waals surface area (Å²) in [5.74, 6) is 0. The third kappa shape index (κ3) is 6.39. The third-order valence-electron chi connectivity index (χ3n) is 2.48. The molecule has 0 spiro atoms. The second-order valence-electron chi connectivity index (χ2n) is 5.82. The minimum Gasteiger partial charge on any atom is -0.392 e. The maximum absolute atomic E-state index is 9.83. The number of aromatic nitrogens is 1. The molecule has 1 atom stereocenters. The molecular weight excluding hydrogens is 212 g/mol. The Morgan fingerprint density at radius 2 is 2.06 bits per heavy atom. The molecule has 0 radical (unpaired) electrons. The number of hydrogen-bond acceptors (Lipinski definition) is 3. The largest absolute Gasteiger partial charge is 0.392 e. The van der Waals surface area contributed by atoms with Crippen LogP contribution in [0.25, 0.3) is 0 Å². The van der Waals surface area contributed by atoms with Gasteiger partial charge < -0.3 is 10.4 Å². The van der Waals surface area contributed by atoms with Crippen molar-refractivity contribution in [1.82, 2.24) is 10.3 Å². The fraction of sp³-hybridized carbons (Fsp3) is 0.643. The Labute approximate surface area is 104 Å². The second-order valence-corrected chi connectivity index (χ2v) is 5.82. The molecule has 0 aliphatic carbocycles. The van der Waals surface area contributed by atoms with Crippen molar-refractivity contribution in [2.45, 2.75) is 46.8 Å². The Balaban J connectivity index is 2.28. The summed E-state index contributed by atoms with van der Waals surface area (Å²) < 4.78 is 0. The Hall–Kier alpha value is -0.930. The van der Waals surface area contributed by atoms with E-state index in [2.05, 4.69) is 31.1 Å². The third-order valence-corrected chi connectivity index (χ3v) is 2.48. The van der Waals surface area contributed by atoms with Crippen molar-refractivity contribution in [1.29, 1.82) is 0 Å². The van der Waals surface area contributed by atoms with Crippen molar-refractivity contribution < 1.29 is 5.11 Å². The summed E-state index contributed by atoms with van der Waals surface area (Å²) in [5.41, 5.74) is 2.22. The zero-order valence-corrected chi connectivity index (χ0v) is 11.3. The molecule has 1 aromatic rings. The summed E-state index contributed by atoms with van der Waals surface area (Å²) in [7, 11) is 0. The molecule has 1 unspecified atom stereocenters. The molecule has 1 rings (SSSR count). The number of aryl methyl sites for hydroxylation is 1. The highest BCUT2D eigenvalue weighted by molar-refractivity contribution is 5.09. The van der Waals surface area contributed by atoms with Crippen LogP contribution in [0, 0.1) is 12.3 Å². The Morgan fingerprint density at radius 3 is 2.65 bits per heavy atom. The minimum atomic E-state index is -0.292. The molecular formula is C14H24N2O. The number of rotatable bonds is 5. The van der Waals surface area contributed by atoms with Gasteiger partial charge in [0.1, 0.15) is 0 Å². The van der Waals surface area contributed by atoms with Crippen molar-refractivity contribution in [2.75, 3.05) is 6.54 Å². The Kier molecular flexibility index (Phi) is 5.09. The van der Waals surface area contributed by atoms with Crippen LogP contribution in [0.5, 0.6) is 0 Å². The molecule has 1 aromatic heterocycles. The average molecular weight is 236 g/mol. The van der Waals surface area contributed by atoms with Crippen molar-refractivity contribution in [2.24, 2.45) is 5.41 Å². The molecule has 3 nitrogen and oxygen atoms in total. The highest BCUT2D eigenvalue weighted by Gasteiger charge is 2.16. The Morgan fingerprint density at radius 1 is 1.35 bits per heavy atom. The van der Waals surface area contributed by atoms with E-state index in [1.165, 1.54) is 0 Å². The van der Waals surface area contributed by atoms with Crippen LogP contribution in [0.2, 0.25) is 0 Å². The maximum atomic E-state index is 9.83. The van der Waals surface area contributed by atoms with E-state index >= 15 is 0 Å². The number of nitrogens with zero attached hydrogens (tertiary/aromatic N) is 1. The van der Waals surface area contributed by atoms with Gasteiger partial charge in [-0.1, -0.05) is 26.8 Å². The summed E-state index contributed by atoms with van der Waals surface area (Å²) >= 11 is 0. The standard InChI is InChI=1S/C14H24N2O/c1-11-6-5-7-12(16-11)9-15-10-13(17)8-14(2,3)4/h5-7,13,15,17H,8-10H2,1-4H3. The molecule has 2 N–H and O–H groups in total. The zero-order chi connectivity index (χ0) is 12.9. The first-order valence-corrected chi connectivity index (χ1v) is 6.18. The van der Waals surface area contributed by atoms with E-state index in [4.69, 9.17) is 0 Å². The van der Waals surface area contributed by atoms with Gasteiger partial charge in [-0.15, -0.1) is 0 Å². The number of hydrogen-bond donors (Lipinski definition) is 2. The van der Waals surface area contributed by atoms with E-state index < -0.39 is 0 Å². The van der Waals surface area contributed by atoms with E-state index in [0.29, 0.717) is 13.1 Å². The van der Waals surface area contributed by atoms with Crippen molar-refractivity contribution in [3.05, 3.63) is 29.6 Å². The molecule has 0 amide bonds. The van der Waals surface area contributed by atoms with E-state index in [9.17, 15) is 5.11 Å². The molecule has 0 bridgehead atoms. The predicted octanol–water partition coefficient (Wildman–Crippen LogP) is 2.28. The molecule has 3 heteroatoms. The average Bonchev–Trinajstić information content (AvgIpc) is 2.14. The smallest absolute Gasteiger partial charge is 0.0669 e. The highest BCUT2D eigenvalue weighted by Crippen LogP contribution is 2.20. The fourth-order valence-electron chi connectivity index (χ4n) is 1.84. The van der Waals surface area contributed by atoms with Gasteiger partial charge in [0, 0.05) is 18.8 Å². The van der Waals surface area contributed by atoms with Crippen LogP contribution in [0.1, 0.15) is 38.6 Å². The fourth-order valence-corrected chi connectivity index (χ4v) is 1.84. The van der Waals surface area contributed by atoms with Gasteiger partial charge in [0.25, 0.3) is 0 Å². The van der Waals surface area contributed by atoms with Gasteiger partial charge in [-0.2, -0.15) is 0 Å². The molecule has 0 aliphatic heterocycles. The van der Waals surface area contributed by atoms with Gasteiger partial charge in [0.2, 0.25) is 0 Å². The lowest BCUT2D eigenvalue weighted by molar-refractivity contribution is 0.119. The molecule has 96 valence electrons. The second kappa shape index (κ2) is 6.12. The van der Waals surface area contributed by atoms with Crippen LogP contribution in [-0.2, 0) is 6.54 Å². The lowest BCUT2D eigenvalue weighted by Gasteiger charge is -2.22.